The van der Waals surface area contributed by atoms with Crippen LogP contribution in [-0.4, -0.2) is 22.0 Å². The van der Waals surface area contributed by atoms with Crippen LogP contribution in [0.5, 0.6) is 0 Å². The summed E-state index contributed by atoms with van der Waals surface area (Å²) in [5.41, 5.74) is 0. The number of anilines is 2. The summed E-state index contributed by atoms with van der Waals surface area (Å²) in [6.45, 7) is 2.44. The number of nitrogens with one attached hydrogen (secondary N) is 2. The first-order chi connectivity index (χ1) is 8.72. The summed E-state index contributed by atoms with van der Waals surface area (Å²) in [6, 6.07) is 0. The lowest BCUT2D eigenvalue weighted by Crippen LogP contribution is -2.05. The van der Waals surface area contributed by atoms with Gasteiger partial charge in [0.15, 0.2) is 5.82 Å². The molecule has 0 amide bonds. The summed E-state index contributed by atoms with van der Waals surface area (Å²) in [7, 11) is 1.74. The summed E-state index contributed by atoms with van der Waals surface area (Å²) >= 11 is 5.99. The molecule has 0 aliphatic heterocycles. The fourth-order valence-electron chi connectivity index (χ4n) is 1.36. The van der Waals surface area contributed by atoms with Crippen LogP contribution >= 0.6 is 11.6 Å². The fourth-order valence-corrected chi connectivity index (χ4v) is 1.52. The van der Waals surface area contributed by atoms with Crippen LogP contribution in [0.3, 0.4) is 0 Å². The smallest absolute Gasteiger partial charge is 0.224 e. The third-order valence-electron chi connectivity index (χ3n) is 2.32. The highest BCUT2D eigenvalue weighted by molar-refractivity contribution is 6.32. The second-order valence-corrected chi connectivity index (χ2v) is 3.97. The molecule has 2 aromatic heterocycles. The van der Waals surface area contributed by atoms with Crippen LogP contribution in [0, 0.1) is 0 Å². The standard InChI is InChI=1S/C11H14ClN5O/c1-3-7-4-14-9(18-7)6-15-10-8(12)5-16-11(13-2)17-10/h4-5H,3,6H2,1-2H3,(H2,13,15,16,17). The van der Waals surface area contributed by atoms with Gasteiger partial charge in [-0.1, -0.05) is 18.5 Å². The van der Waals surface area contributed by atoms with Crippen molar-refractivity contribution in [2.45, 2.75) is 19.9 Å². The van der Waals surface area contributed by atoms with Gasteiger partial charge in [0.05, 0.1) is 18.9 Å². The number of rotatable bonds is 5. The first-order valence-electron chi connectivity index (χ1n) is 5.60. The molecular weight excluding hydrogens is 254 g/mol. The quantitative estimate of drug-likeness (QED) is 0.866. The third-order valence-corrected chi connectivity index (χ3v) is 2.60. The molecule has 0 spiro atoms. The maximum Gasteiger partial charge on any atom is 0.224 e. The summed E-state index contributed by atoms with van der Waals surface area (Å²) < 4.78 is 5.48. The van der Waals surface area contributed by atoms with Crippen LogP contribution in [0.4, 0.5) is 11.8 Å². The van der Waals surface area contributed by atoms with Crippen molar-refractivity contribution >= 4 is 23.4 Å². The van der Waals surface area contributed by atoms with E-state index in [1.54, 1.807) is 13.2 Å². The van der Waals surface area contributed by atoms with Gasteiger partial charge in [-0.05, 0) is 0 Å². The molecule has 0 aromatic carbocycles. The highest BCUT2D eigenvalue weighted by Gasteiger charge is 2.07. The molecule has 96 valence electrons. The molecule has 2 aromatic rings. The molecule has 2 heterocycles. The Morgan fingerprint density at radius 2 is 2.17 bits per heavy atom. The van der Waals surface area contributed by atoms with E-state index in [1.165, 1.54) is 6.20 Å². The minimum atomic E-state index is 0.430. The van der Waals surface area contributed by atoms with E-state index in [0.29, 0.717) is 29.2 Å². The Hall–Kier alpha value is -1.82. The Kier molecular flexibility index (Phi) is 3.99. The number of aromatic nitrogens is 3. The van der Waals surface area contributed by atoms with E-state index in [1.807, 2.05) is 6.92 Å². The van der Waals surface area contributed by atoms with Gasteiger partial charge >= 0.3 is 0 Å². The molecule has 6 nitrogen and oxygen atoms in total. The van der Waals surface area contributed by atoms with Gasteiger partial charge in [0.1, 0.15) is 10.8 Å². The van der Waals surface area contributed by atoms with Crippen molar-refractivity contribution in [3.63, 3.8) is 0 Å². The normalized spacial score (nSPS) is 10.4. The Bertz CT molecular complexity index is 528. The monoisotopic (exact) mass is 267 g/mol. The molecule has 0 unspecified atom stereocenters. The predicted molar refractivity (Wildman–Crippen MR) is 69.8 cm³/mol. The average Bonchev–Trinajstić information content (AvgIpc) is 2.86. The van der Waals surface area contributed by atoms with Crippen LogP contribution in [0.1, 0.15) is 18.6 Å². The average molecular weight is 268 g/mol. The predicted octanol–water partition coefficient (Wildman–Crippen LogP) is 2.33. The van der Waals surface area contributed by atoms with Crippen molar-refractivity contribution in [3.8, 4) is 0 Å². The van der Waals surface area contributed by atoms with Gasteiger partial charge in [-0.25, -0.2) is 9.97 Å². The lowest BCUT2D eigenvalue weighted by molar-refractivity contribution is 0.465. The van der Waals surface area contributed by atoms with E-state index in [9.17, 15) is 0 Å². The lowest BCUT2D eigenvalue weighted by Gasteiger charge is -2.06. The van der Waals surface area contributed by atoms with Gasteiger partial charge in [-0.15, -0.1) is 0 Å². The highest BCUT2D eigenvalue weighted by atomic mass is 35.5. The molecule has 7 heteroatoms. The van der Waals surface area contributed by atoms with Crippen molar-refractivity contribution in [3.05, 3.63) is 29.1 Å². The van der Waals surface area contributed by atoms with E-state index < -0.39 is 0 Å². The van der Waals surface area contributed by atoms with Crippen LogP contribution in [0.25, 0.3) is 0 Å². The minimum absolute atomic E-state index is 0.430. The second kappa shape index (κ2) is 5.68. The van der Waals surface area contributed by atoms with E-state index in [-0.39, 0.29) is 0 Å². The van der Waals surface area contributed by atoms with Crippen molar-refractivity contribution in [2.75, 3.05) is 17.7 Å². The molecule has 0 saturated carbocycles. The second-order valence-electron chi connectivity index (χ2n) is 3.57. The van der Waals surface area contributed by atoms with Crippen molar-refractivity contribution in [1.82, 2.24) is 15.0 Å². The van der Waals surface area contributed by atoms with Gasteiger partial charge in [0.25, 0.3) is 0 Å². The summed E-state index contributed by atoms with van der Waals surface area (Å²) in [6.07, 6.45) is 4.08. The zero-order valence-corrected chi connectivity index (χ0v) is 11.0. The molecule has 0 aliphatic carbocycles. The number of aryl methyl sites for hydroxylation is 1. The van der Waals surface area contributed by atoms with Gasteiger partial charge in [0, 0.05) is 13.5 Å². The van der Waals surface area contributed by atoms with Crippen molar-refractivity contribution < 1.29 is 4.42 Å². The van der Waals surface area contributed by atoms with Crippen LogP contribution in [-0.2, 0) is 13.0 Å². The molecule has 2 N–H and O–H groups in total. The summed E-state index contributed by atoms with van der Waals surface area (Å²) in [5, 5.41) is 6.36. The number of halogens is 1. The molecule has 0 aliphatic rings. The number of hydrogen-bond donors (Lipinski definition) is 2. The molecule has 0 fully saturated rings. The van der Waals surface area contributed by atoms with Gasteiger partial charge in [0.2, 0.25) is 11.8 Å². The van der Waals surface area contributed by atoms with E-state index in [4.69, 9.17) is 16.0 Å². The van der Waals surface area contributed by atoms with Gasteiger partial charge < -0.3 is 15.1 Å². The lowest BCUT2D eigenvalue weighted by atomic mass is 10.4. The number of oxazole rings is 1. The first kappa shape index (κ1) is 12.6. The molecular formula is C11H14ClN5O. The Labute approximate surface area is 110 Å². The zero-order valence-electron chi connectivity index (χ0n) is 10.2. The Morgan fingerprint density at radius 3 is 2.83 bits per heavy atom. The van der Waals surface area contributed by atoms with Crippen LogP contribution in [0.15, 0.2) is 16.8 Å². The largest absolute Gasteiger partial charge is 0.444 e. The topological polar surface area (TPSA) is 75.9 Å². The molecule has 0 saturated heterocycles. The number of nitrogens with zero attached hydrogens (tertiary/aromatic N) is 3. The molecule has 2 rings (SSSR count). The van der Waals surface area contributed by atoms with Gasteiger partial charge in [-0.2, -0.15) is 4.98 Å². The molecule has 0 radical (unpaired) electrons. The first-order valence-corrected chi connectivity index (χ1v) is 5.98. The molecule has 0 bridgehead atoms. The van der Waals surface area contributed by atoms with E-state index in [0.717, 1.165) is 12.2 Å². The third kappa shape index (κ3) is 2.89. The van der Waals surface area contributed by atoms with Crippen molar-refractivity contribution in [1.29, 1.82) is 0 Å². The summed E-state index contributed by atoms with van der Waals surface area (Å²) in [5.74, 6) is 2.51. The molecule has 0 atom stereocenters. The van der Waals surface area contributed by atoms with Crippen LogP contribution < -0.4 is 10.6 Å². The zero-order chi connectivity index (χ0) is 13.0. The highest BCUT2D eigenvalue weighted by Crippen LogP contribution is 2.19. The Morgan fingerprint density at radius 1 is 1.33 bits per heavy atom. The maximum atomic E-state index is 5.99. The Balaban J connectivity index is 2.05. The van der Waals surface area contributed by atoms with E-state index >= 15 is 0 Å². The fraction of sp³-hybridized carbons (Fsp3) is 0.364. The minimum Gasteiger partial charge on any atom is -0.444 e. The number of hydrogen-bond acceptors (Lipinski definition) is 6. The maximum absolute atomic E-state index is 5.99. The van der Waals surface area contributed by atoms with E-state index in [2.05, 4.69) is 25.6 Å². The van der Waals surface area contributed by atoms with Gasteiger partial charge in [-0.3, -0.25) is 0 Å². The summed E-state index contributed by atoms with van der Waals surface area (Å²) in [4.78, 5) is 12.3. The van der Waals surface area contributed by atoms with Crippen molar-refractivity contribution in [2.24, 2.45) is 0 Å². The SMILES string of the molecule is CCc1cnc(CNc2nc(NC)ncc2Cl)o1. The van der Waals surface area contributed by atoms with Crippen LogP contribution in [0.2, 0.25) is 5.02 Å². The molecule has 18 heavy (non-hydrogen) atoms.